The molecular weight excluding hydrogens is 522 g/mol. The van der Waals surface area contributed by atoms with Crippen LogP contribution in [0.1, 0.15) is 44.9 Å². The maximum Gasteiger partial charge on any atom is 0.271 e. The van der Waals surface area contributed by atoms with E-state index in [1.54, 1.807) is 4.57 Å². The molecule has 3 aromatic carbocycles. The highest BCUT2D eigenvalue weighted by Crippen LogP contribution is 2.32. The average Bonchev–Trinajstić information content (AvgIpc) is 3.24. The lowest BCUT2D eigenvalue weighted by Gasteiger charge is -2.25. The van der Waals surface area contributed by atoms with E-state index in [9.17, 15) is 9.59 Å². The number of rotatable bonds is 8. The van der Waals surface area contributed by atoms with E-state index in [-0.39, 0.29) is 17.6 Å². The van der Waals surface area contributed by atoms with Crippen LogP contribution in [-0.2, 0) is 4.79 Å². The zero-order valence-electron chi connectivity index (χ0n) is 22.9. The molecule has 0 bridgehead atoms. The van der Waals surface area contributed by atoms with Gasteiger partial charge in [-0.2, -0.15) is 0 Å². The van der Waals surface area contributed by atoms with Crippen LogP contribution in [-0.4, -0.2) is 23.2 Å². The van der Waals surface area contributed by atoms with Gasteiger partial charge in [0.05, 0.1) is 34.6 Å². The Morgan fingerprint density at radius 3 is 2.45 bits per heavy atom. The van der Waals surface area contributed by atoms with Crippen LogP contribution in [0, 0.1) is 0 Å². The predicted molar refractivity (Wildman–Crippen MR) is 159 cm³/mol. The number of fused-ring (bicyclic) bond motifs is 1. The standard InChI is InChI=1S/C32H31N3O4S/c1-5-38-25-17-15-22(16-18-25)29-28(30(36)34-24-12-7-6-8-13-24)21(4)33-32-35(29)31(37)27(40-32)19-23-11-9-10-14-26(23)39-20(2)3/h6-20,29H,5H2,1-4H3,(H,34,36)/b27-19-/t29-/m0/s1. The number of thiazole rings is 1. The highest BCUT2D eigenvalue weighted by atomic mass is 32.1. The van der Waals surface area contributed by atoms with Gasteiger partial charge in [-0.05, 0) is 69.7 Å². The molecule has 8 heteroatoms. The molecule has 2 heterocycles. The Morgan fingerprint density at radius 1 is 1.05 bits per heavy atom. The van der Waals surface area contributed by atoms with Crippen molar-refractivity contribution in [2.75, 3.05) is 11.9 Å². The Labute approximate surface area is 236 Å². The average molecular weight is 554 g/mol. The van der Waals surface area contributed by atoms with Crippen molar-refractivity contribution >= 4 is 29.0 Å². The van der Waals surface area contributed by atoms with Crippen molar-refractivity contribution in [3.05, 3.63) is 121 Å². The molecule has 5 rings (SSSR count). The lowest BCUT2D eigenvalue weighted by molar-refractivity contribution is -0.113. The van der Waals surface area contributed by atoms with Gasteiger partial charge in [-0.15, -0.1) is 0 Å². The first-order chi connectivity index (χ1) is 19.4. The van der Waals surface area contributed by atoms with Gasteiger partial charge >= 0.3 is 0 Å². The van der Waals surface area contributed by atoms with E-state index in [2.05, 4.69) is 5.32 Å². The lowest BCUT2D eigenvalue weighted by atomic mass is 9.95. The van der Waals surface area contributed by atoms with Crippen LogP contribution in [0.3, 0.4) is 0 Å². The van der Waals surface area contributed by atoms with Crippen LogP contribution in [0.25, 0.3) is 6.08 Å². The molecule has 0 spiro atoms. The van der Waals surface area contributed by atoms with Gasteiger partial charge in [-0.1, -0.05) is 59.9 Å². The molecule has 1 N–H and O–H groups in total. The smallest absolute Gasteiger partial charge is 0.271 e. The molecule has 1 aliphatic rings. The fourth-order valence-corrected chi connectivity index (χ4v) is 5.70. The maximum absolute atomic E-state index is 14.0. The third kappa shape index (κ3) is 5.62. The van der Waals surface area contributed by atoms with Gasteiger partial charge in [0.1, 0.15) is 11.5 Å². The summed E-state index contributed by atoms with van der Waals surface area (Å²) in [5, 5.41) is 2.98. The second-order valence-electron chi connectivity index (χ2n) is 9.61. The minimum absolute atomic E-state index is 0.0104. The largest absolute Gasteiger partial charge is 0.494 e. The number of carbonyl (C=O) groups excluding carboxylic acids is 1. The molecule has 0 unspecified atom stereocenters. The summed E-state index contributed by atoms with van der Waals surface area (Å²) in [6.45, 7) is 8.21. The van der Waals surface area contributed by atoms with E-state index in [1.165, 1.54) is 11.3 Å². The van der Waals surface area contributed by atoms with E-state index in [1.807, 2.05) is 113 Å². The van der Waals surface area contributed by atoms with Crippen LogP contribution < -0.4 is 29.7 Å². The first-order valence-corrected chi connectivity index (χ1v) is 14.0. The SMILES string of the molecule is CCOc1ccc([C@H]2C(C(=O)Nc3ccccc3)=C(C)N=c3s/c(=C\c4ccccc4OC(C)C)c(=O)n32)cc1. The summed E-state index contributed by atoms with van der Waals surface area (Å²) in [6, 6.07) is 23.7. The summed E-state index contributed by atoms with van der Waals surface area (Å²) < 4.78 is 13.7. The van der Waals surface area contributed by atoms with Crippen LogP contribution >= 0.6 is 11.3 Å². The molecule has 1 aromatic heterocycles. The van der Waals surface area contributed by atoms with Crippen molar-refractivity contribution in [3.63, 3.8) is 0 Å². The number of ether oxygens (including phenoxy) is 2. The van der Waals surface area contributed by atoms with Crippen LogP contribution in [0.15, 0.2) is 99.9 Å². The van der Waals surface area contributed by atoms with Crippen molar-refractivity contribution in [2.24, 2.45) is 4.99 Å². The Bertz CT molecular complexity index is 1740. The minimum atomic E-state index is -0.667. The Hall–Kier alpha value is -4.43. The second kappa shape index (κ2) is 11.8. The van der Waals surface area contributed by atoms with Crippen molar-refractivity contribution in [1.82, 2.24) is 4.57 Å². The summed E-state index contributed by atoms with van der Waals surface area (Å²) in [5.41, 5.74) is 3.00. The molecular formula is C32H31N3O4S. The number of anilines is 1. The number of allylic oxidation sites excluding steroid dienone is 1. The van der Waals surface area contributed by atoms with Crippen LogP contribution in [0.4, 0.5) is 5.69 Å². The molecule has 1 atom stereocenters. The molecule has 0 aliphatic carbocycles. The number of para-hydroxylation sites is 2. The number of nitrogens with zero attached hydrogens (tertiary/aromatic N) is 2. The number of nitrogens with one attached hydrogen (secondary N) is 1. The summed E-state index contributed by atoms with van der Waals surface area (Å²) in [4.78, 5) is 33.0. The first-order valence-electron chi connectivity index (χ1n) is 13.2. The quantitative estimate of drug-likeness (QED) is 0.331. The topological polar surface area (TPSA) is 81.9 Å². The molecule has 204 valence electrons. The summed E-state index contributed by atoms with van der Waals surface area (Å²) in [5.74, 6) is 1.11. The normalized spacial score (nSPS) is 15.0. The van der Waals surface area contributed by atoms with Crippen molar-refractivity contribution < 1.29 is 14.3 Å². The zero-order chi connectivity index (χ0) is 28.2. The Kier molecular flexibility index (Phi) is 7.98. The van der Waals surface area contributed by atoms with Gasteiger partial charge in [0.2, 0.25) is 0 Å². The molecule has 40 heavy (non-hydrogen) atoms. The molecule has 0 saturated heterocycles. The monoisotopic (exact) mass is 553 g/mol. The number of aromatic nitrogens is 1. The third-order valence-corrected chi connectivity index (χ3v) is 7.36. The van der Waals surface area contributed by atoms with Crippen molar-refractivity contribution in [1.29, 1.82) is 0 Å². The summed E-state index contributed by atoms with van der Waals surface area (Å²) in [7, 11) is 0. The Morgan fingerprint density at radius 2 is 1.75 bits per heavy atom. The molecule has 0 radical (unpaired) electrons. The Balaban J connectivity index is 1.66. The number of benzene rings is 3. The molecule has 7 nitrogen and oxygen atoms in total. The van der Waals surface area contributed by atoms with Gasteiger partial charge < -0.3 is 14.8 Å². The van der Waals surface area contributed by atoms with Gasteiger partial charge in [-0.3, -0.25) is 14.2 Å². The molecule has 1 amide bonds. The molecule has 0 fully saturated rings. The van der Waals surface area contributed by atoms with Gasteiger partial charge in [0.15, 0.2) is 4.80 Å². The maximum atomic E-state index is 14.0. The van der Waals surface area contributed by atoms with Gasteiger partial charge in [-0.25, -0.2) is 4.99 Å². The minimum Gasteiger partial charge on any atom is -0.494 e. The molecule has 1 aliphatic heterocycles. The summed E-state index contributed by atoms with van der Waals surface area (Å²) in [6.07, 6.45) is 1.82. The summed E-state index contributed by atoms with van der Waals surface area (Å²) >= 11 is 1.30. The predicted octanol–water partition coefficient (Wildman–Crippen LogP) is 5.06. The van der Waals surface area contributed by atoms with E-state index in [0.717, 1.165) is 16.9 Å². The first kappa shape index (κ1) is 27.1. The van der Waals surface area contributed by atoms with Crippen molar-refractivity contribution in [2.45, 2.75) is 39.8 Å². The van der Waals surface area contributed by atoms with E-state index in [4.69, 9.17) is 14.5 Å². The number of hydrogen-bond donors (Lipinski definition) is 1. The lowest BCUT2D eigenvalue weighted by Crippen LogP contribution is -2.40. The van der Waals surface area contributed by atoms with E-state index < -0.39 is 6.04 Å². The molecule has 0 saturated carbocycles. The van der Waals surface area contributed by atoms with Crippen molar-refractivity contribution in [3.8, 4) is 11.5 Å². The van der Waals surface area contributed by atoms with E-state index in [0.29, 0.717) is 38.6 Å². The third-order valence-electron chi connectivity index (χ3n) is 6.37. The highest BCUT2D eigenvalue weighted by Gasteiger charge is 2.32. The number of hydrogen-bond acceptors (Lipinski definition) is 6. The fraction of sp³-hybridized carbons (Fsp3) is 0.219. The van der Waals surface area contributed by atoms with Crippen LogP contribution in [0.5, 0.6) is 11.5 Å². The van der Waals surface area contributed by atoms with Gasteiger partial charge in [0.25, 0.3) is 11.5 Å². The van der Waals surface area contributed by atoms with Crippen LogP contribution in [0.2, 0.25) is 0 Å². The molecule has 4 aromatic rings. The van der Waals surface area contributed by atoms with E-state index >= 15 is 0 Å². The second-order valence-corrected chi connectivity index (χ2v) is 10.6. The highest BCUT2D eigenvalue weighted by molar-refractivity contribution is 7.07. The zero-order valence-corrected chi connectivity index (χ0v) is 23.7. The number of amides is 1. The fourth-order valence-electron chi connectivity index (χ4n) is 4.66. The number of carbonyl (C=O) groups is 1. The van der Waals surface area contributed by atoms with Gasteiger partial charge in [0, 0.05) is 11.3 Å².